The minimum absolute atomic E-state index is 0.154. The van der Waals surface area contributed by atoms with E-state index in [9.17, 15) is 10.1 Å². The van der Waals surface area contributed by atoms with E-state index in [1.807, 2.05) is 12.1 Å². The molecule has 0 bridgehead atoms. The molecule has 92 valence electrons. The number of hydrogen-bond donors (Lipinski definition) is 1. The first-order valence-corrected chi connectivity index (χ1v) is 6.07. The molecule has 0 aliphatic heterocycles. The molecule has 1 aliphatic rings. The van der Waals surface area contributed by atoms with Crippen molar-refractivity contribution in [2.75, 3.05) is 0 Å². The molecule has 17 heavy (non-hydrogen) atoms. The Morgan fingerprint density at radius 2 is 1.88 bits per heavy atom. The number of non-ortho nitro benzene ring substituents is 1. The molecule has 1 aliphatic carbocycles. The van der Waals surface area contributed by atoms with E-state index in [0.29, 0.717) is 0 Å². The highest BCUT2D eigenvalue weighted by atomic mass is 16.6. The first-order chi connectivity index (χ1) is 8.09. The maximum Gasteiger partial charge on any atom is 0.269 e. The smallest absolute Gasteiger partial charge is 0.269 e. The molecule has 0 aromatic heterocycles. The van der Waals surface area contributed by atoms with Gasteiger partial charge >= 0.3 is 0 Å². The molecule has 1 N–H and O–H groups in total. The number of nitrogens with zero attached hydrogens (tertiary/aromatic N) is 1. The van der Waals surface area contributed by atoms with E-state index in [4.69, 9.17) is 0 Å². The molecule has 0 atom stereocenters. The summed E-state index contributed by atoms with van der Waals surface area (Å²) in [5, 5.41) is 14.1. The first-order valence-electron chi connectivity index (χ1n) is 6.07. The maximum absolute atomic E-state index is 10.5. The molecule has 1 aromatic carbocycles. The normalized spacial score (nSPS) is 18.2. The van der Waals surface area contributed by atoms with E-state index < -0.39 is 0 Å². The van der Waals surface area contributed by atoms with Crippen molar-refractivity contribution >= 4 is 5.69 Å². The number of nitro groups is 1. The Hall–Kier alpha value is -1.42. The van der Waals surface area contributed by atoms with E-state index in [1.54, 1.807) is 12.1 Å². The van der Waals surface area contributed by atoms with Crippen LogP contribution in [-0.4, -0.2) is 10.5 Å². The van der Waals surface area contributed by atoms with Crippen molar-refractivity contribution in [3.05, 3.63) is 39.9 Å². The lowest BCUT2D eigenvalue weighted by atomic mass is 10.0. The third kappa shape index (κ3) is 3.03. The quantitative estimate of drug-likeness (QED) is 0.643. The molecule has 4 nitrogen and oxygen atoms in total. The summed E-state index contributed by atoms with van der Waals surface area (Å²) < 4.78 is 0. The number of hydrogen-bond acceptors (Lipinski definition) is 3. The van der Waals surface area contributed by atoms with Crippen molar-refractivity contribution in [1.82, 2.24) is 5.32 Å². The van der Waals surface area contributed by atoms with Gasteiger partial charge in [-0.25, -0.2) is 0 Å². The van der Waals surface area contributed by atoms with Gasteiger partial charge in [-0.3, -0.25) is 10.1 Å². The summed E-state index contributed by atoms with van der Waals surface area (Å²) in [6.07, 6.45) is 5.04. The summed E-state index contributed by atoms with van der Waals surface area (Å²) >= 11 is 0. The predicted molar refractivity (Wildman–Crippen MR) is 66.8 cm³/mol. The van der Waals surface area contributed by atoms with Crippen LogP contribution in [0.15, 0.2) is 24.3 Å². The predicted octanol–water partition coefficient (Wildman–Crippen LogP) is 3.02. The summed E-state index contributed by atoms with van der Waals surface area (Å²) in [6, 6.07) is 6.77. The van der Waals surface area contributed by atoms with Gasteiger partial charge in [-0.1, -0.05) is 25.0 Å². The molecule has 0 amide bonds. The lowest BCUT2D eigenvalue weighted by molar-refractivity contribution is -0.384. The molecule has 0 unspecified atom stereocenters. The van der Waals surface area contributed by atoms with E-state index in [-0.39, 0.29) is 16.1 Å². The van der Waals surface area contributed by atoms with Crippen LogP contribution >= 0.6 is 0 Å². The zero-order valence-electron chi connectivity index (χ0n) is 10.1. The summed E-state index contributed by atoms with van der Waals surface area (Å²) in [7, 11) is 0. The summed E-state index contributed by atoms with van der Waals surface area (Å²) in [5.41, 5.74) is 1.51. The number of benzene rings is 1. The van der Waals surface area contributed by atoms with Crippen LogP contribution in [-0.2, 0) is 6.54 Å². The monoisotopic (exact) mass is 234 g/mol. The lowest BCUT2D eigenvalue weighted by Crippen LogP contribution is -2.38. The van der Waals surface area contributed by atoms with E-state index in [1.165, 1.54) is 25.7 Å². The van der Waals surface area contributed by atoms with Crippen molar-refractivity contribution in [3.8, 4) is 0 Å². The molecular weight excluding hydrogens is 216 g/mol. The van der Waals surface area contributed by atoms with Crippen molar-refractivity contribution in [2.45, 2.75) is 44.7 Å². The number of nitrogens with one attached hydrogen (secondary N) is 1. The highest BCUT2D eigenvalue weighted by molar-refractivity contribution is 5.32. The van der Waals surface area contributed by atoms with Crippen LogP contribution in [0.1, 0.15) is 38.2 Å². The van der Waals surface area contributed by atoms with Gasteiger partial charge in [0.15, 0.2) is 0 Å². The zero-order chi connectivity index (χ0) is 12.3. The Balaban J connectivity index is 1.93. The SMILES string of the molecule is CC1(NCc2ccc([N+](=O)[O-])cc2)CCCC1. The Labute approximate surface area is 101 Å². The van der Waals surface area contributed by atoms with Crippen LogP contribution in [0.2, 0.25) is 0 Å². The second kappa shape index (κ2) is 4.84. The summed E-state index contributed by atoms with van der Waals surface area (Å²) in [6.45, 7) is 3.04. The average Bonchev–Trinajstić information content (AvgIpc) is 2.75. The van der Waals surface area contributed by atoms with Gasteiger partial charge in [0.2, 0.25) is 0 Å². The molecule has 2 rings (SSSR count). The van der Waals surface area contributed by atoms with Gasteiger partial charge < -0.3 is 5.32 Å². The van der Waals surface area contributed by atoms with E-state index in [0.717, 1.165) is 12.1 Å². The zero-order valence-corrected chi connectivity index (χ0v) is 10.1. The summed E-state index contributed by atoms with van der Waals surface area (Å²) in [5.74, 6) is 0. The average molecular weight is 234 g/mol. The van der Waals surface area contributed by atoms with Crippen LogP contribution in [0.5, 0.6) is 0 Å². The Morgan fingerprint density at radius 1 is 1.29 bits per heavy atom. The van der Waals surface area contributed by atoms with Gasteiger partial charge in [0, 0.05) is 24.2 Å². The molecule has 1 saturated carbocycles. The Morgan fingerprint density at radius 3 is 2.41 bits per heavy atom. The van der Waals surface area contributed by atoms with Gasteiger partial charge in [0.05, 0.1) is 4.92 Å². The van der Waals surface area contributed by atoms with Crippen molar-refractivity contribution in [3.63, 3.8) is 0 Å². The molecule has 0 spiro atoms. The van der Waals surface area contributed by atoms with Crippen LogP contribution in [0, 0.1) is 10.1 Å². The lowest BCUT2D eigenvalue weighted by Gasteiger charge is -2.25. The van der Waals surface area contributed by atoms with Crippen molar-refractivity contribution < 1.29 is 4.92 Å². The Bertz CT molecular complexity index is 394. The van der Waals surface area contributed by atoms with E-state index in [2.05, 4.69) is 12.2 Å². The first kappa shape index (κ1) is 12.0. The fourth-order valence-corrected chi connectivity index (χ4v) is 2.38. The van der Waals surface area contributed by atoms with Gasteiger partial charge in [-0.2, -0.15) is 0 Å². The third-order valence-electron chi connectivity index (χ3n) is 3.57. The topological polar surface area (TPSA) is 55.2 Å². The van der Waals surface area contributed by atoms with Gasteiger partial charge in [0.1, 0.15) is 0 Å². The highest BCUT2D eigenvalue weighted by Gasteiger charge is 2.27. The minimum atomic E-state index is -0.366. The highest BCUT2D eigenvalue weighted by Crippen LogP contribution is 2.29. The van der Waals surface area contributed by atoms with Crippen LogP contribution in [0.4, 0.5) is 5.69 Å². The van der Waals surface area contributed by atoms with Crippen molar-refractivity contribution in [2.24, 2.45) is 0 Å². The fraction of sp³-hybridized carbons (Fsp3) is 0.538. The van der Waals surface area contributed by atoms with Crippen LogP contribution in [0.3, 0.4) is 0 Å². The number of rotatable bonds is 4. The van der Waals surface area contributed by atoms with Crippen molar-refractivity contribution in [1.29, 1.82) is 0 Å². The van der Waals surface area contributed by atoms with Gasteiger partial charge in [0.25, 0.3) is 5.69 Å². The van der Waals surface area contributed by atoms with Gasteiger partial charge in [-0.15, -0.1) is 0 Å². The van der Waals surface area contributed by atoms with Crippen LogP contribution < -0.4 is 5.32 Å². The van der Waals surface area contributed by atoms with E-state index >= 15 is 0 Å². The molecular formula is C13H18N2O2. The number of nitro benzene ring substituents is 1. The largest absolute Gasteiger partial charge is 0.307 e. The molecule has 1 fully saturated rings. The Kier molecular flexibility index (Phi) is 3.43. The third-order valence-corrected chi connectivity index (χ3v) is 3.57. The van der Waals surface area contributed by atoms with Gasteiger partial charge in [-0.05, 0) is 25.3 Å². The molecule has 0 saturated heterocycles. The summed E-state index contributed by atoms with van der Waals surface area (Å²) in [4.78, 5) is 10.2. The second-order valence-corrected chi connectivity index (χ2v) is 5.04. The fourth-order valence-electron chi connectivity index (χ4n) is 2.38. The maximum atomic E-state index is 10.5. The molecule has 4 heteroatoms. The molecule has 0 heterocycles. The minimum Gasteiger partial charge on any atom is -0.307 e. The molecule has 0 radical (unpaired) electrons. The molecule has 1 aromatic rings. The standard InChI is InChI=1S/C13H18N2O2/c1-13(8-2-3-9-13)14-10-11-4-6-12(7-5-11)15(16)17/h4-7,14H,2-3,8-10H2,1H3. The van der Waals surface area contributed by atoms with Crippen LogP contribution in [0.25, 0.3) is 0 Å². The second-order valence-electron chi connectivity index (χ2n) is 5.04.